The summed E-state index contributed by atoms with van der Waals surface area (Å²) in [5.74, 6) is 0.918. The molecule has 1 aromatic rings. The molecule has 2 N–H and O–H groups in total. The van der Waals surface area contributed by atoms with Gasteiger partial charge in [0.2, 0.25) is 0 Å². The van der Waals surface area contributed by atoms with Crippen molar-refractivity contribution in [3.05, 3.63) is 35.4 Å². The van der Waals surface area contributed by atoms with Crippen LogP contribution in [0.3, 0.4) is 0 Å². The zero-order valence-corrected chi connectivity index (χ0v) is 21.5. The number of halogens is 1. The Labute approximate surface area is 202 Å². The van der Waals surface area contributed by atoms with Crippen molar-refractivity contribution in [1.29, 1.82) is 0 Å². The van der Waals surface area contributed by atoms with Crippen molar-refractivity contribution in [2.75, 3.05) is 26.4 Å². The number of carbonyl (C=O) groups is 1. The first-order valence-corrected chi connectivity index (χ1v) is 11.8. The van der Waals surface area contributed by atoms with E-state index in [1.54, 1.807) is 0 Å². The second kappa shape index (κ2) is 12.1. The zero-order chi connectivity index (χ0) is 20.8. The van der Waals surface area contributed by atoms with Gasteiger partial charge in [0.25, 0.3) is 5.91 Å². The molecule has 2 fully saturated rings. The Morgan fingerprint density at radius 2 is 1.87 bits per heavy atom. The highest BCUT2D eigenvalue weighted by Gasteiger charge is 2.27. The van der Waals surface area contributed by atoms with Gasteiger partial charge in [-0.15, -0.1) is 24.0 Å². The molecule has 8 heteroatoms. The third-order valence-electron chi connectivity index (χ3n) is 5.65. The molecule has 168 valence electrons. The maximum atomic E-state index is 12.8. The number of ether oxygens (including phenoxy) is 1. The van der Waals surface area contributed by atoms with E-state index in [2.05, 4.69) is 21.9 Å². The number of amides is 1. The molecule has 1 amide bonds. The predicted molar refractivity (Wildman–Crippen MR) is 136 cm³/mol. The number of morpholine rings is 1. The summed E-state index contributed by atoms with van der Waals surface area (Å²) < 4.78 is 5.73. The van der Waals surface area contributed by atoms with Gasteiger partial charge in [0.05, 0.1) is 12.2 Å². The van der Waals surface area contributed by atoms with E-state index in [-0.39, 0.29) is 42.1 Å². The summed E-state index contributed by atoms with van der Waals surface area (Å²) in [6.45, 7) is 6.00. The van der Waals surface area contributed by atoms with E-state index in [0.29, 0.717) is 25.7 Å². The molecule has 1 aliphatic heterocycles. The van der Waals surface area contributed by atoms with Gasteiger partial charge in [-0.25, -0.2) is 0 Å². The minimum Gasteiger partial charge on any atom is -0.372 e. The highest BCUT2D eigenvalue weighted by atomic mass is 127. The van der Waals surface area contributed by atoms with Crippen molar-refractivity contribution in [1.82, 2.24) is 15.5 Å². The Morgan fingerprint density at radius 1 is 1.20 bits per heavy atom. The molecule has 1 heterocycles. The fourth-order valence-electron chi connectivity index (χ4n) is 4.15. The lowest BCUT2D eigenvalue weighted by Gasteiger charge is -2.35. The fourth-order valence-corrected chi connectivity index (χ4v) is 4.95. The molecule has 2 aliphatic rings. The average molecular weight is 547 g/mol. The van der Waals surface area contributed by atoms with E-state index >= 15 is 0 Å². The number of carbonyl (C=O) groups excluding carboxylic acids is 1. The third-order valence-corrected chi connectivity index (χ3v) is 6.74. The van der Waals surface area contributed by atoms with E-state index in [0.717, 1.165) is 22.3 Å². The van der Waals surface area contributed by atoms with Crippen molar-refractivity contribution < 1.29 is 9.53 Å². The van der Waals surface area contributed by atoms with E-state index in [4.69, 9.17) is 4.74 Å². The topological polar surface area (TPSA) is 66.0 Å². The molecule has 0 bridgehead atoms. The second-order valence-corrected chi connectivity index (χ2v) is 9.24. The molecule has 0 radical (unpaired) electrons. The number of hydrogen-bond donors (Lipinski definition) is 2. The Kier molecular flexibility index (Phi) is 10.2. The number of benzene rings is 1. The monoisotopic (exact) mass is 546 g/mol. The van der Waals surface area contributed by atoms with E-state index in [9.17, 15) is 4.79 Å². The van der Waals surface area contributed by atoms with Crippen LogP contribution in [-0.4, -0.2) is 66.7 Å². The van der Waals surface area contributed by atoms with Crippen LogP contribution in [0.2, 0.25) is 0 Å². The van der Waals surface area contributed by atoms with Crippen molar-refractivity contribution >= 4 is 47.6 Å². The zero-order valence-electron chi connectivity index (χ0n) is 18.4. The maximum Gasteiger partial charge on any atom is 0.254 e. The van der Waals surface area contributed by atoms with Gasteiger partial charge in [0.1, 0.15) is 0 Å². The summed E-state index contributed by atoms with van der Waals surface area (Å²) in [6, 6.07) is 8.36. The summed E-state index contributed by atoms with van der Waals surface area (Å²) >= 11 is 1.96. The van der Waals surface area contributed by atoms with Crippen LogP contribution < -0.4 is 10.6 Å². The predicted octanol–water partition coefficient (Wildman–Crippen LogP) is 3.50. The van der Waals surface area contributed by atoms with Crippen molar-refractivity contribution in [2.24, 2.45) is 4.99 Å². The van der Waals surface area contributed by atoms with Crippen LogP contribution >= 0.6 is 35.7 Å². The first-order chi connectivity index (χ1) is 14.0. The lowest BCUT2D eigenvalue weighted by Crippen LogP contribution is -2.48. The molecule has 1 saturated heterocycles. The molecule has 1 aromatic carbocycles. The van der Waals surface area contributed by atoms with Gasteiger partial charge in [-0.1, -0.05) is 12.1 Å². The third kappa shape index (κ3) is 7.02. The highest BCUT2D eigenvalue weighted by Crippen LogP contribution is 2.28. The van der Waals surface area contributed by atoms with Gasteiger partial charge in [-0.3, -0.25) is 9.79 Å². The lowest BCUT2D eigenvalue weighted by molar-refractivity contribution is -0.0586. The van der Waals surface area contributed by atoms with Gasteiger partial charge in [0, 0.05) is 43.5 Å². The van der Waals surface area contributed by atoms with Crippen molar-refractivity contribution in [3.8, 4) is 0 Å². The summed E-state index contributed by atoms with van der Waals surface area (Å²) in [4.78, 5) is 19.0. The molecule has 0 aromatic heterocycles. The van der Waals surface area contributed by atoms with Crippen LogP contribution in [0.5, 0.6) is 0 Å². The quantitative estimate of drug-likeness (QED) is 0.336. The van der Waals surface area contributed by atoms with Crippen LogP contribution in [0.1, 0.15) is 49.0 Å². The summed E-state index contributed by atoms with van der Waals surface area (Å²) in [5, 5.41) is 7.68. The van der Waals surface area contributed by atoms with Crippen LogP contribution in [0.4, 0.5) is 0 Å². The largest absolute Gasteiger partial charge is 0.372 e. The molecule has 30 heavy (non-hydrogen) atoms. The fraction of sp³-hybridized carbons (Fsp3) is 0.636. The molecule has 0 spiro atoms. The molecule has 6 nitrogen and oxygen atoms in total. The van der Waals surface area contributed by atoms with E-state index in [1.807, 2.05) is 61.8 Å². The maximum absolute atomic E-state index is 12.8. The smallest absolute Gasteiger partial charge is 0.254 e. The van der Waals surface area contributed by atoms with Gasteiger partial charge < -0.3 is 20.3 Å². The number of hydrogen-bond acceptors (Lipinski definition) is 4. The Balaban J connectivity index is 0.00000320. The normalized spacial score (nSPS) is 26.8. The standard InChI is InChI=1S/C22H34N4O2S.HI/c1-15-13-26(14-16(2)28-15)21(27)18-7-5-17(6-8-18)12-24-22(23-3)25-19-9-10-20(11-19)29-4;/h5-8,15-16,19-20H,9-14H2,1-4H3,(H2,23,24,25);1H. The Bertz CT molecular complexity index is 706. The molecular formula is C22H35IN4O2S. The van der Waals surface area contributed by atoms with Crippen LogP contribution in [0.15, 0.2) is 29.3 Å². The summed E-state index contributed by atoms with van der Waals surface area (Å²) in [5.41, 5.74) is 1.85. The lowest BCUT2D eigenvalue weighted by atomic mass is 10.1. The van der Waals surface area contributed by atoms with Gasteiger partial charge >= 0.3 is 0 Å². The number of guanidine groups is 1. The SMILES string of the molecule is CN=C(NCc1ccc(C(=O)N2CC(C)OC(C)C2)cc1)NC1CCC(SC)C1.I. The molecule has 4 unspecified atom stereocenters. The van der Waals surface area contributed by atoms with Crippen LogP contribution in [-0.2, 0) is 11.3 Å². The Morgan fingerprint density at radius 3 is 2.43 bits per heavy atom. The first kappa shape index (κ1) is 25.3. The number of nitrogens with zero attached hydrogens (tertiary/aromatic N) is 2. The van der Waals surface area contributed by atoms with Gasteiger partial charge in [-0.05, 0) is 57.1 Å². The number of aliphatic imine (C=N–C) groups is 1. The molecule has 1 aliphatic carbocycles. The average Bonchev–Trinajstić information content (AvgIpc) is 3.18. The first-order valence-electron chi connectivity index (χ1n) is 10.5. The molecule has 3 rings (SSSR count). The summed E-state index contributed by atoms with van der Waals surface area (Å²) in [6.07, 6.45) is 6.01. The second-order valence-electron chi connectivity index (χ2n) is 8.10. The molecule has 1 saturated carbocycles. The van der Waals surface area contributed by atoms with E-state index < -0.39 is 0 Å². The van der Waals surface area contributed by atoms with Crippen molar-refractivity contribution in [3.63, 3.8) is 0 Å². The highest BCUT2D eigenvalue weighted by molar-refractivity contribution is 14.0. The number of rotatable bonds is 5. The van der Waals surface area contributed by atoms with Gasteiger partial charge in [0.15, 0.2) is 5.96 Å². The van der Waals surface area contributed by atoms with E-state index in [1.165, 1.54) is 19.3 Å². The molecular weight excluding hydrogens is 511 g/mol. The molecule has 4 atom stereocenters. The minimum absolute atomic E-state index is 0. The summed E-state index contributed by atoms with van der Waals surface area (Å²) in [7, 11) is 1.81. The number of nitrogens with one attached hydrogen (secondary N) is 2. The van der Waals surface area contributed by atoms with Crippen LogP contribution in [0.25, 0.3) is 0 Å². The van der Waals surface area contributed by atoms with Crippen LogP contribution in [0, 0.1) is 0 Å². The Hall–Kier alpha value is -1.00. The minimum atomic E-state index is 0. The van der Waals surface area contributed by atoms with Crippen molar-refractivity contribution in [2.45, 2.75) is 63.2 Å². The number of thioether (sulfide) groups is 1. The van der Waals surface area contributed by atoms with Gasteiger partial charge in [-0.2, -0.15) is 11.8 Å².